The highest BCUT2D eigenvalue weighted by atomic mass is 32.2. The van der Waals surface area contributed by atoms with Crippen LogP contribution in [0.2, 0.25) is 0 Å². The zero-order valence-corrected chi connectivity index (χ0v) is 17.2. The van der Waals surface area contributed by atoms with Gasteiger partial charge in [0.2, 0.25) is 0 Å². The van der Waals surface area contributed by atoms with Crippen LogP contribution in [0.5, 0.6) is 0 Å². The molecule has 0 aromatic heterocycles. The quantitative estimate of drug-likeness (QED) is 0.644. The summed E-state index contributed by atoms with van der Waals surface area (Å²) in [5, 5.41) is 0.989. The number of aryl methyl sites for hydroxylation is 1. The van der Waals surface area contributed by atoms with Crippen LogP contribution in [0.15, 0.2) is 29.3 Å². The van der Waals surface area contributed by atoms with E-state index in [0.717, 1.165) is 29.3 Å². The third-order valence-electron chi connectivity index (χ3n) is 6.18. The van der Waals surface area contributed by atoms with Crippen molar-refractivity contribution >= 4 is 28.6 Å². The number of para-hydroxylation sites is 1. The molecule has 1 aliphatic heterocycles. The first kappa shape index (κ1) is 18.9. The van der Waals surface area contributed by atoms with E-state index in [9.17, 15) is 4.79 Å². The van der Waals surface area contributed by atoms with Crippen molar-refractivity contribution < 1.29 is 4.79 Å². The minimum Gasteiger partial charge on any atom is -0.284 e. The number of carbonyl (C=O) groups excluding carboxylic acids is 1. The molecule has 2 saturated carbocycles. The minimum atomic E-state index is 0.129. The zero-order valence-electron chi connectivity index (χ0n) is 16.4. The van der Waals surface area contributed by atoms with Crippen molar-refractivity contribution in [1.82, 2.24) is 4.90 Å². The predicted molar refractivity (Wildman–Crippen MR) is 115 cm³/mol. The molecule has 0 bridgehead atoms. The van der Waals surface area contributed by atoms with Gasteiger partial charge in [-0.2, -0.15) is 0 Å². The summed E-state index contributed by atoms with van der Waals surface area (Å²) in [4.78, 5) is 22.7. The second-order valence-electron chi connectivity index (χ2n) is 8.14. The largest absolute Gasteiger partial charge is 0.331 e. The number of thioether (sulfide) groups is 1. The first-order valence-electron chi connectivity index (χ1n) is 10.6. The molecule has 5 heteroatoms. The summed E-state index contributed by atoms with van der Waals surface area (Å²) in [5.41, 5.74) is 2.19. The standard InChI is InChI=1S/C22H31N3OS/c1-17-10-8-9-15-20(17)24-16-27-21(23-18-11-4-2-5-12-18)25(22(24)26)19-13-6-3-7-14-19/h8-10,15,18-19H,2-7,11-14,16H2,1H3. The Labute approximate surface area is 167 Å². The van der Waals surface area contributed by atoms with E-state index in [1.165, 1.54) is 51.4 Å². The molecule has 4 rings (SSSR count). The SMILES string of the molecule is Cc1ccccc1N1CSC(=NC2CCCCC2)N(C2CCCCC2)C1=O. The highest BCUT2D eigenvalue weighted by Gasteiger charge is 2.38. The molecular weight excluding hydrogens is 354 g/mol. The number of nitrogens with zero attached hydrogens (tertiary/aromatic N) is 3. The van der Waals surface area contributed by atoms with Crippen LogP contribution in [0.1, 0.15) is 69.8 Å². The number of amidine groups is 1. The lowest BCUT2D eigenvalue weighted by atomic mass is 9.94. The molecule has 0 N–H and O–H groups in total. The number of anilines is 1. The summed E-state index contributed by atoms with van der Waals surface area (Å²) in [6.07, 6.45) is 12.2. The van der Waals surface area contributed by atoms with Gasteiger partial charge >= 0.3 is 6.03 Å². The molecule has 0 spiro atoms. The van der Waals surface area contributed by atoms with E-state index in [1.54, 1.807) is 11.8 Å². The van der Waals surface area contributed by atoms with E-state index in [2.05, 4.69) is 24.0 Å². The lowest BCUT2D eigenvalue weighted by Crippen LogP contribution is -2.55. The van der Waals surface area contributed by atoms with Gasteiger partial charge in [0.25, 0.3) is 0 Å². The molecule has 146 valence electrons. The van der Waals surface area contributed by atoms with E-state index in [-0.39, 0.29) is 6.03 Å². The Kier molecular flexibility index (Phi) is 6.06. The Balaban J connectivity index is 1.62. The fourth-order valence-electron chi connectivity index (χ4n) is 4.62. The molecule has 1 aromatic carbocycles. The van der Waals surface area contributed by atoms with E-state index in [1.807, 2.05) is 17.0 Å². The maximum absolute atomic E-state index is 13.6. The highest BCUT2D eigenvalue weighted by molar-refractivity contribution is 8.14. The van der Waals surface area contributed by atoms with Crippen molar-refractivity contribution in [2.45, 2.75) is 83.2 Å². The van der Waals surface area contributed by atoms with Crippen LogP contribution < -0.4 is 4.90 Å². The van der Waals surface area contributed by atoms with Gasteiger partial charge in [0.15, 0.2) is 5.17 Å². The van der Waals surface area contributed by atoms with Gasteiger partial charge in [-0.05, 0) is 44.2 Å². The van der Waals surface area contributed by atoms with Crippen molar-refractivity contribution in [3.63, 3.8) is 0 Å². The third kappa shape index (κ3) is 4.18. The Morgan fingerprint density at radius 2 is 1.63 bits per heavy atom. The Morgan fingerprint density at radius 1 is 0.963 bits per heavy atom. The van der Waals surface area contributed by atoms with Gasteiger partial charge < -0.3 is 0 Å². The lowest BCUT2D eigenvalue weighted by Gasteiger charge is -2.42. The summed E-state index contributed by atoms with van der Waals surface area (Å²) in [6.45, 7) is 2.09. The van der Waals surface area contributed by atoms with Gasteiger partial charge in [-0.25, -0.2) is 4.79 Å². The maximum atomic E-state index is 13.6. The molecule has 0 atom stereocenters. The van der Waals surface area contributed by atoms with Gasteiger partial charge in [0.05, 0.1) is 11.9 Å². The normalized spacial score (nSPS) is 24.6. The number of benzene rings is 1. The number of urea groups is 1. The van der Waals surface area contributed by atoms with Crippen LogP contribution in [0.3, 0.4) is 0 Å². The minimum absolute atomic E-state index is 0.129. The van der Waals surface area contributed by atoms with Gasteiger partial charge in [-0.3, -0.25) is 14.8 Å². The zero-order chi connectivity index (χ0) is 18.6. The maximum Gasteiger partial charge on any atom is 0.331 e. The molecule has 2 aliphatic carbocycles. The Morgan fingerprint density at radius 3 is 2.33 bits per heavy atom. The van der Waals surface area contributed by atoms with Crippen molar-refractivity contribution in [2.75, 3.05) is 10.8 Å². The predicted octanol–water partition coefficient (Wildman–Crippen LogP) is 5.95. The first-order valence-corrected chi connectivity index (χ1v) is 11.6. The highest BCUT2D eigenvalue weighted by Crippen LogP contribution is 2.34. The summed E-state index contributed by atoms with van der Waals surface area (Å²) < 4.78 is 0. The number of amides is 2. The summed E-state index contributed by atoms with van der Waals surface area (Å²) in [7, 11) is 0. The molecule has 3 fully saturated rings. The molecule has 27 heavy (non-hydrogen) atoms. The van der Waals surface area contributed by atoms with Crippen molar-refractivity contribution in [3.8, 4) is 0 Å². The molecule has 1 aromatic rings. The Bertz CT molecular complexity index is 693. The van der Waals surface area contributed by atoms with Crippen molar-refractivity contribution in [3.05, 3.63) is 29.8 Å². The monoisotopic (exact) mass is 385 g/mol. The smallest absolute Gasteiger partial charge is 0.284 e. The van der Waals surface area contributed by atoms with Crippen LogP contribution in [0.4, 0.5) is 10.5 Å². The second-order valence-corrected chi connectivity index (χ2v) is 9.05. The number of aliphatic imine (C=N–C) groups is 1. The van der Waals surface area contributed by atoms with E-state index >= 15 is 0 Å². The van der Waals surface area contributed by atoms with Crippen LogP contribution in [-0.4, -0.2) is 34.1 Å². The van der Waals surface area contributed by atoms with Gasteiger partial charge in [0, 0.05) is 11.7 Å². The van der Waals surface area contributed by atoms with Gasteiger partial charge in [-0.15, -0.1) is 0 Å². The van der Waals surface area contributed by atoms with Crippen LogP contribution in [-0.2, 0) is 0 Å². The number of rotatable bonds is 3. The van der Waals surface area contributed by atoms with E-state index in [0.29, 0.717) is 18.0 Å². The van der Waals surface area contributed by atoms with Gasteiger partial charge in [0.1, 0.15) is 0 Å². The molecule has 3 aliphatic rings. The first-order chi connectivity index (χ1) is 13.2. The van der Waals surface area contributed by atoms with Crippen molar-refractivity contribution in [1.29, 1.82) is 0 Å². The topological polar surface area (TPSA) is 35.9 Å². The van der Waals surface area contributed by atoms with Gasteiger partial charge in [-0.1, -0.05) is 68.5 Å². The fraction of sp³-hybridized carbons (Fsp3) is 0.636. The van der Waals surface area contributed by atoms with E-state index in [4.69, 9.17) is 4.99 Å². The summed E-state index contributed by atoms with van der Waals surface area (Å²) in [5.74, 6) is 0.665. The van der Waals surface area contributed by atoms with E-state index < -0.39 is 0 Å². The van der Waals surface area contributed by atoms with Crippen LogP contribution in [0, 0.1) is 6.92 Å². The second kappa shape index (κ2) is 8.68. The van der Waals surface area contributed by atoms with Crippen LogP contribution >= 0.6 is 11.8 Å². The molecule has 0 unspecified atom stereocenters. The molecule has 1 saturated heterocycles. The number of hydrogen-bond donors (Lipinski definition) is 0. The molecule has 0 radical (unpaired) electrons. The van der Waals surface area contributed by atoms with Crippen LogP contribution in [0.25, 0.3) is 0 Å². The lowest BCUT2D eigenvalue weighted by molar-refractivity contribution is 0.202. The molecule has 2 amide bonds. The summed E-state index contributed by atoms with van der Waals surface area (Å²) >= 11 is 1.76. The molecule has 4 nitrogen and oxygen atoms in total. The number of carbonyl (C=O) groups is 1. The Hall–Kier alpha value is -1.49. The average molecular weight is 386 g/mol. The third-order valence-corrected chi connectivity index (χ3v) is 7.13. The molecular formula is C22H31N3OS. The number of hydrogen-bond acceptors (Lipinski definition) is 3. The van der Waals surface area contributed by atoms with Crippen molar-refractivity contribution in [2.24, 2.45) is 4.99 Å². The fourth-order valence-corrected chi connectivity index (χ4v) is 5.70. The average Bonchev–Trinajstić information content (AvgIpc) is 2.71. The molecule has 1 heterocycles. The summed E-state index contributed by atoms with van der Waals surface area (Å²) in [6, 6.07) is 9.06.